The minimum atomic E-state index is -3.77. The van der Waals surface area contributed by atoms with Crippen molar-refractivity contribution in [3.05, 3.63) is 59.7 Å². The van der Waals surface area contributed by atoms with Gasteiger partial charge in [-0.25, -0.2) is 22.7 Å². The fraction of sp³-hybridized carbons (Fsp3) is 0.278. The third kappa shape index (κ3) is 4.08. The quantitative estimate of drug-likeness (QED) is 0.594. The number of hydrogen-bond acceptors (Lipinski definition) is 4. The van der Waals surface area contributed by atoms with Gasteiger partial charge in [-0.1, -0.05) is 24.3 Å². The first-order valence-corrected chi connectivity index (χ1v) is 9.66. The zero-order valence-electron chi connectivity index (χ0n) is 14.3. The third-order valence-electron chi connectivity index (χ3n) is 4.48. The Balaban J connectivity index is 2.21. The molecule has 2 aromatic rings. The molecule has 0 fully saturated rings. The smallest absolute Gasteiger partial charge is 0.264 e. The van der Waals surface area contributed by atoms with Crippen LogP contribution in [0.25, 0.3) is 11.1 Å². The van der Waals surface area contributed by atoms with Gasteiger partial charge in [-0.2, -0.15) is 0 Å². The average Bonchev–Trinajstić information content (AvgIpc) is 2.60. The van der Waals surface area contributed by atoms with Crippen LogP contribution in [0.2, 0.25) is 0 Å². The molecule has 2 N–H and O–H groups in total. The summed E-state index contributed by atoms with van der Waals surface area (Å²) < 4.78 is 49.2. The summed E-state index contributed by atoms with van der Waals surface area (Å²) in [4.78, 5) is 11.8. The van der Waals surface area contributed by atoms with Crippen LogP contribution in [0, 0.1) is 11.6 Å². The Labute approximate surface area is 150 Å². The lowest BCUT2D eigenvalue weighted by atomic mass is 9.97. The lowest BCUT2D eigenvalue weighted by Crippen LogP contribution is -2.49. The molecular weight excluding hydrogens is 364 g/mol. The van der Waals surface area contributed by atoms with Gasteiger partial charge in [0.05, 0.1) is 0 Å². The second kappa shape index (κ2) is 7.51. The number of benzene rings is 2. The largest absolute Gasteiger partial charge is 0.289 e. The highest BCUT2D eigenvalue weighted by Crippen LogP contribution is 2.27. The minimum absolute atomic E-state index is 0.0497. The van der Waals surface area contributed by atoms with Gasteiger partial charge in [0.1, 0.15) is 16.4 Å². The summed E-state index contributed by atoms with van der Waals surface area (Å²) in [5.74, 6) is -2.11. The van der Waals surface area contributed by atoms with Crippen LogP contribution >= 0.6 is 0 Å². The predicted octanol–water partition coefficient (Wildman–Crippen LogP) is 2.87. The second-order valence-corrected chi connectivity index (χ2v) is 8.71. The van der Waals surface area contributed by atoms with Crippen molar-refractivity contribution in [2.75, 3.05) is 6.26 Å². The first-order valence-electron chi connectivity index (χ1n) is 7.77. The van der Waals surface area contributed by atoms with Crippen LogP contribution in [-0.4, -0.2) is 30.5 Å². The molecule has 1 unspecified atom stereocenters. The number of sulfone groups is 1. The van der Waals surface area contributed by atoms with E-state index in [0.29, 0.717) is 11.1 Å². The first-order chi connectivity index (χ1) is 12.1. The summed E-state index contributed by atoms with van der Waals surface area (Å²) in [6.45, 7) is 1.24. The summed E-state index contributed by atoms with van der Waals surface area (Å²) >= 11 is 0. The number of hydrogen-bond donors (Lipinski definition) is 2. The van der Waals surface area contributed by atoms with E-state index in [1.165, 1.54) is 12.4 Å². The van der Waals surface area contributed by atoms with E-state index in [2.05, 4.69) is 0 Å². The lowest BCUT2D eigenvalue weighted by Gasteiger charge is -2.25. The first kappa shape index (κ1) is 20.0. The normalized spacial score (nSPS) is 13.9. The van der Waals surface area contributed by atoms with E-state index in [1.807, 2.05) is 0 Å². The van der Waals surface area contributed by atoms with E-state index in [4.69, 9.17) is 5.21 Å². The number of carbonyl (C=O) groups is 1. The number of rotatable bonds is 6. The van der Waals surface area contributed by atoms with Gasteiger partial charge >= 0.3 is 0 Å². The fourth-order valence-electron chi connectivity index (χ4n) is 2.54. The molecule has 0 bridgehead atoms. The van der Waals surface area contributed by atoms with Crippen molar-refractivity contribution in [1.82, 2.24) is 5.48 Å². The van der Waals surface area contributed by atoms with Crippen LogP contribution in [0.3, 0.4) is 0 Å². The van der Waals surface area contributed by atoms with E-state index >= 15 is 0 Å². The Kier molecular flexibility index (Phi) is 5.77. The second-order valence-electron chi connectivity index (χ2n) is 6.27. The van der Waals surface area contributed by atoms with Crippen molar-refractivity contribution >= 4 is 15.7 Å². The van der Waals surface area contributed by atoms with Crippen molar-refractivity contribution < 1.29 is 27.2 Å². The highest BCUT2D eigenvalue weighted by atomic mass is 32.2. The summed E-state index contributed by atoms with van der Waals surface area (Å²) in [7, 11) is -3.77. The molecule has 2 aromatic carbocycles. The highest BCUT2D eigenvalue weighted by molar-refractivity contribution is 7.92. The Morgan fingerprint density at radius 1 is 1.15 bits per heavy atom. The van der Waals surface area contributed by atoms with E-state index in [-0.39, 0.29) is 18.4 Å². The van der Waals surface area contributed by atoms with E-state index in [0.717, 1.165) is 24.5 Å². The molecule has 0 saturated carbocycles. The Bertz CT molecular complexity index is 913. The number of carbonyl (C=O) groups excluding carboxylic acids is 1. The van der Waals surface area contributed by atoms with Crippen LogP contribution in [0.4, 0.5) is 8.78 Å². The van der Waals surface area contributed by atoms with Gasteiger partial charge in [0.15, 0.2) is 9.84 Å². The lowest BCUT2D eigenvalue weighted by molar-refractivity contribution is -0.131. The summed E-state index contributed by atoms with van der Waals surface area (Å²) in [6.07, 6.45) is 1.12. The highest BCUT2D eigenvalue weighted by Gasteiger charge is 2.43. The molecule has 0 spiro atoms. The Morgan fingerprint density at radius 3 is 2.31 bits per heavy atom. The molecule has 0 aromatic heterocycles. The van der Waals surface area contributed by atoms with Crippen molar-refractivity contribution in [2.24, 2.45) is 0 Å². The molecule has 0 saturated heterocycles. The van der Waals surface area contributed by atoms with E-state index in [1.54, 1.807) is 24.3 Å². The van der Waals surface area contributed by atoms with Gasteiger partial charge in [0, 0.05) is 11.8 Å². The van der Waals surface area contributed by atoms with Crippen molar-refractivity contribution in [1.29, 1.82) is 0 Å². The molecule has 0 aliphatic carbocycles. The summed E-state index contributed by atoms with van der Waals surface area (Å²) in [6, 6.07) is 9.67. The summed E-state index contributed by atoms with van der Waals surface area (Å²) in [5.41, 5.74) is 2.71. The third-order valence-corrected chi connectivity index (χ3v) is 6.51. The molecule has 26 heavy (non-hydrogen) atoms. The van der Waals surface area contributed by atoms with Gasteiger partial charge in [0.25, 0.3) is 5.91 Å². The average molecular weight is 383 g/mol. The maximum Gasteiger partial charge on any atom is 0.264 e. The predicted molar refractivity (Wildman–Crippen MR) is 93.3 cm³/mol. The minimum Gasteiger partial charge on any atom is -0.289 e. The van der Waals surface area contributed by atoms with Crippen molar-refractivity contribution in [3.8, 4) is 11.1 Å². The fourth-order valence-corrected chi connectivity index (χ4v) is 3.39. The number of halogens is 2. The van der Waals surface area contributed by atoms with Gasteiger partial charge in [-0.15, -0.1) is 0 Å². The number of aryl methyl sites for hydroxylation is 1. The van der Waals surface area contributed by atoms with Crippen LogP contribution in [0.15, 0.2) is 42.5 Å². The standard InChI is InChI=1S/C18H19F2NO4S/c1-18(17(22)21-23,26(2,24)25)10-9-12-3-5-13(6-4-12)15-11-14(19)7-8-16(15)20/h3-8,11,23H,9-10H2,1-2H3,(H,21,22). The van der Waals surface area contributed by atoms with E-state index in [9.17, 15) is 22.0 Å². The molecule has 0 aliphatic heterocycles. The van der Waals surface area contributed by atoms with Crippen LogP contribution < -0.4 is 5.48 Å². The molecule has 1 amide bonds. The number of nitrogens with one attached hydrogen (secondary N) is 1. The topological polar surface area (TPSA) is 83.5 Å². The van der Waals surface area contributed by atoms with Gasteiger partial charge < -0.3 is 0 Å². The molecule has 2 rings (SSSR count). The summed E-state index contributed by atoms with van der Waals surface area (Å²) in [5, 5.41) is 8.81. The number of hydroxylamine groups is 1. The van der Waals surface area contributed by atoms with Crippen molar-refractivity contribution in [3.63, 3.8) is 0 Å². The van der Waals surface area contributed by atoms with Crippen LogP contribution in [0.5, 0.6) is 0 Å². The molecule has 5 nitrogen and oxygen atoms in total. The molecule has 1 atom stereocenters. The maximum absolute atomic E-state index is 13.8. The van der Waals surface area contributed by atoms with Crippen molar-refractivity contribution in [2.45, 2.75) is 24.5 Å². The molecule has 0 radical (unpaired) electrons. The zero-order valence-corrected chi connectivity index (χ0v) is 15.1. The van der Waals surface area contributed by atoms with Gasteiger partial charge in [0.2, 0.25) is 0 Å². The van der Waals surface area contributed by atoms with E-state index < -0.39 is 32.1 Å². The van der Waals surface area contributed by atoms with Crippen LogP contribution in [-0.2, 0) is 21.1 Å². The Morgan fingerprint density at radius 2 is 1.77 bits per heavy atom. The molecule has 8 heteroatoms. The molecule has 140 valence electrons. The maximum atomic E-state index is 13.8. The van der Waals surface area contributed by atoms with Gasteiger partial charge in [-0.05, 0) is 49.1 Å². The van der Waals surface area contributed by atoms with Crippen LogP contribution in [0.1, 0.15) is 18.9 Å². The monoisotopic (exact) mass is 383 g/mol. The molecule has 0 aliphatic rings. The van der Waals surface area contributed by atoms with Gasteiger partial charge in [-0.3, -0.25) is 10.0 Å². The SMILES string of the molecule is CC(CCc1ccc(-c2cc(F)ccc2F)cc1)(C(=O)NO)S(C)(=O)=O. The number of amides is 1. The molecule has 0 heterocycles. The zero-order chi connectivity index (χ0) is 19.5. The Hall–Kier alpha value is -2.32. The molecular formula is C18H19F2NO4S.